The molecule has 3 rings (SSSR count). The molecule has 0 saturated carbocycles. The summed E-state index contributed by atoms with van der Waals surface area (Å²) in [6.45, 7) is 10.4. The number of aromatic nitrogens is 2. The van der Waals surface area contributed by atoms with Crippen molar-refractivity contribution in [3.8, 4) is 0 Å². The fourth-order valence-corrected chi connectivity index (χ4v) is 4.53. The van der Waals surface area contributed by atoms with Gasteiger partial charge in [0, 0.05) is 47.8 Å². The summed E-state index contributed by atoms with van der Waals surface area (Å²) in [5.74, 6) is 0. The van der Waals surface area contributed by atoms with Gasteiger partial charge in [0.05, 0.1) is 11.8 Å². The van der Waals surface area contributed by atoms with Crippen molar-refractivity contribution in [1.82, 2.24) is 14.7 Å². The van der Waals surface area contributed by atoms with Gasteiger partial charge >= 0.3 is 0 Å². The van der Waals surface area contributed by atoms with E-state index in [0.29, 0.717) is 6.10 Å². The highest BCUT2D eigenvalue weighted by molar-refractivity contribution is 7.12. The van der Waals surface area contributed by atoms with Crippen LogP contribution < -0.4 is 0 Å². The van der Waals surface area contributed by atoms with Crippen molar-refractivity contribution in [1.29, 1.82) is 0 Å². The molecule has 132 valence electrons. The maximum absolute atomic E-state index is 5.92. The predicted molar refractivity (Wildman–Crippen MR) is 99.3 cm³/mol. The van der Waals surface area contributed by atoms with E-state index in [9.17, 15) is 0 Å². The van der Waals surface area contributed by atoms with Crippen molar-refractivity contribution in [2.75, 3.05) is 13.2 Å². The largest absolute Gasteiger partial charge is 0.373 e. The molecule has 3 heterocycles. The summed E-state index contributed by atoms with van der Waals surface area (Å²) in [5, 5.41) is 4.55. The highest BCUT2D eigenvalue weighted by Gasteiger charge is 2.19. The van der Waals surface area contributed by atoms with Crippen LogP contribution >= 0.6 is 11.3 Å². The fourth-order valence-electron chi connectivity index (χ4n) is 3.39. The summed E-state index contributed by atoms with van der Waals surface area (Å²) in [6.07, 6.45) is 4.00. The molecule has 1 aliphatic heterocycles. The van der Waals surface area contributed by atoms with Crippen molar-refractivity contribution in [2.45, 2.75) is 59.2 Å². The van der Waals surface area contributed by atoms with Crippen LogP contribution in [-0.2, 0) is 24.9 Å². The second-order valence-corrected chi connectivity index (χ2v) is 7.94. The van der Waals surface area contributed by atoms with Crippen molar-refractivity contribution >= 4 is 11.3 Å². The molecule has 0 bridgehead atoms. The number of ether oxygens (including phenoxy) is 1. The Morgan fingerprint density at radius 1 is 1.29 bits per heavy atom. The van der Waals surface area contributed by atoms with E-state index in [1.54, 1.807) is 0 Å². The zero-order chi connectivity index (χ0) is 17.1. The van der Waals surface area contributed by atoms with E-state index >= 15 is 0 Å². The van der Waals surface area contributed by atoms with Gasteiger partial charge in [0.2, 0.25) is 0 Å². The lowest BCUT2D eigenvalue weighted by Crippen LogP contribution is -2.22. The van der Waals surface area contributed by atoms with Crippen LogP contribution in [0, 0.1) is 13.8 Å². The molecule has 1 fully saturated rings. The number of hydrogen-bond acceptors (Lipinski definition) is 4. The first-order valence-electron chi connectivity index (χ1n) is 9.00. The van der Waals surface area contributed by atoms with E-state index in [1.807, 2.05) is 23.1 Å². The van der Waals surface area contributed by atoms with Gasteiger partial charge in [0.15, 0.2) is 0 Å². The topological polar surface area (TPSA) is 30.3 Å². The van der Waals surface area contributed by atoms with Crippen molar-refractivity contribution in [3.05, 3.63) is 38.8 Å². The van der Waals surface area contributed by atoms with Gasteiger partial charge < -0.3 is 4.74 Å². The van der Waals surface area contributed by atoms with Crippen LogP contribution in [0.15, 0.2) is 12.1 Å². The van der Waals surface area contributed by atoms with Crippen molar-refractivity contribution in [3.63, 3.8) is 0 Å². The second kappa shape index (κ2) is 7.81. The Labute approximate surface area is 149 Å². The van der Waals surface area contributed by atoms with Crippen LogP contribution in [0.1, 0.15) is 59.0 Å². The third-order valence-corrected chi connectivity index (χ3v) is 6.21. The first-order valence-corrected chi connectivity index (χ1v) is 9.81. The number of hydrogen-bond donors (Lipinski definition) is 0. The lowest BCUT2D eigenvalue weighted by Gasteiger charge is -2.22. The molecule has 0 radical (unpaired) electrons. The quantitative estimate of drug-likeness (QED) is 0.778. The van der Waals surface area contributed by atoms with Gasteiger partial charge in [-0.3, -0.25) is 9.58 Å². The van der Waals surface area contributed by atoms with Gasteiger partial charge in [-0.1, -0.05) is 6.92 Å². The summed E-state index contributed by atoms with van der Waals surface area (Å²) in [6, 6.07) is 4.55. The Morgan fingerprint density at radius 3 is 2.75 bits per heavy atom. The molecule has 1 unspecified atom stereocenters. The third-order valence-electron chi connectivity index (χ3n) is 5.05. The predicted octanol–water partition coefficient (Wildman–Crippen LogP) is 4.36. The number of rotatable bonds is 6. The van der Waals surface area contributed by atoms with E-state index < -0.39 is 0 Å². The standard InChI is InChI=1S/C19H29N3OS/c1-5-22(13-17-14(2)20-21(4)15(17)3)12-16-9-10-19(24-16)18-8-6-7-11-23-18/h9-10,18H,5-8,11-13H2,1-4H3. The van der Waals surface area contributed by atoms with Crippen LogP contribution in [0.4, 0.5) is 0 Å². The zero-order valence-corrected chi connectivity index (χ0v) is 16.2. The molecule has 1 atom stereocenters. The number of thiophene rings is 1. The van der Waals surface area contributed by atoms with Crippen LogP contribution in [0.5, 0.6) is 0 Å². The average Bonchev–Trinajstić information content (AvgIpc) is 3.15. The molecule has 0 spiro atoms. The summed E-state index contributed by atoms with van der Waals surface area (Å²) < 4.78 is 7.91. The Morgan fingerprint density at radius 2 is 2.12 bits per heavy atom. The monoisotopic (exact) mass is 347 g/mol. The van der Waals surface area contributed by atoms with Crippen LogP contribution in [0.25, 0.3) is 0 Å². The van der Waals surface area contributed by atoms with Gasteiger partial charge in [-0.05, 0) is 51.8 Å². The molecule has 2 aromatic rings. The first-order chi connectivity index (χ1) is 11.6. The maximum atomic E-state index is 5.92. The molecule has 0 amide bonds. The smallest absolute Gasteiger partial charge is 0.0916 e. The minimum absolute atomic E-state index is 0.329. The van der Waals surface area contributed by atoms with Gasteiger partial charge in [0.25, 0.3) is 0 Å². The Balaban J connectivity index is 1.66. The lowest BCUT2D eigenvalue weighted by molar-refractivity contribution is 0.0172. The molecule has 1 saturated heterocycles. The average molecular weight is 348 g/mol. The number of nitrogens with zero attached hydrogens (tertiary/aromatic N) is 3. The zero-order valence-electron chi connectivity index (χ0n) is 15.3. The highest BCUT2D eigenvalue weighted by atomic mass is 32.1. The summed E-state index contributed by atoms with van der Waals surface area (Å²) in [7, 11) is 2.03. The first kappa shape index (κ1) is 17.6. The number of aryl methyl sites for hydroxylation is 2. The molecule has 0 aromatic carbocycles. The van der Waals surface area contributed by atoms with Gasteiger partial charge in [-0.2, -0.15) is 5.10 Å². The molecule has 0 aliphatic carbocycles. The molecule has 24 heavy (non-hydrogen) atoms. The Bertz CT molecular complexity index is 670. The SMILES string of the molecule is CCN(Cc1ccc(C2CCCCO2)s1)Cc1c(C)nn(C)c1C. The van der Waals surface area contributed by atoms with Gasteiger partial charge in [-0.25, -0.2) is 0 Å². The van der Waals surface area contributed by atoms with E-state index in [-0.39, 0.29) is 0 Å². The van der Waals surface area contributed by atoms with Gasteiger partial charge in [-0.15, -0.1) is 11.3 Å². The molecule has 2 aromatic heterocycles. The van der Waals surface area contributed by atoms with Crippen molar-refractivity contribution < 1.29 is 4.74 Å². The van der Waals surface area contributed by atoms with E-state index in [2.05, 4.69) is 42.9 Å². The summed E-state index contributed by atoms with van der Waals surface area (Å²) >= 11 is 1.92. The molecule has 5 heteroatoms. The lowest BCUT2D eigenvalue weighted by atomic mass is 10.1. The summed E-state index contributed by atoms with van der Waals surface area (Å²) in [4.78, 5) is 5.32. The van der Waals surface area contributed by atoms with Crippen LogP contribution in [0.2, 0.25) is 0 Å². The van der Waals surface area contributed by atoms with E-state index in [1.165, 1.54) is 40.3 Å². The van der Waals surface area contributed by atoms with Gasteiger partial charge in [0.1, 0.15) is 0 Å². The Hall–Kier alpha value is -1.17. The molecule has 4 nitrogen and oxygen atoms in total. The minimum Gasteiger partial charge on any atom is -0.373 e. The second-order valence-electron chi connectivity index (χ2n) is 6.74. The maximum Gasteiger partial charge on any atom is 0.0916 e. The van der Waals surface area contributed by atoms with Crippen LogP contribution in [0.3, 0.4) is 0 Å². The summed E-state index contributed by atoms with van der Waals surface area (Å²) in [5.41, 5.74) is 3.79. The van der Waals surface area contributed by atoms with E-state index in [4.69, 9.17) is 4.74 Å². The molecular weight excluding hydrogens is 318 g/mol. The van der Waals surface area contributed by atoms with Crippen LogP contribution in [-0.4, -0.2) is 27.8 Å². The highest BCUT2D eigenvalue weighted by Crippen LogP contribution is 2.33. The molecular formula is C19H29N3OS. The van der Waals surface area contributed by atoms with E-state index in [0.717, 1.165) is 31.9 Å². The minimum atomic E-state index is 0.329. The van der Waals surface area contributed by atoms with Crippen molar-refractivity contribution in [2.24, 2.45) is 7.05 Å². The molecule has 1 aliphatic rings. The third kappa shape index (κ3) is 3.90. The normalized spacial score (nSPS) is 18.5. The Kier molecular flexibility index (Phi) is 5.74. The molecule has 0 N–H and O–H groups in total. The fraction of sp³-hybridized carbons (Fsp3) is 0.632.